The highest BCUT2D eigenvalue weighted by molar-refractivity contribution is 7.80. The highest BCUT2D eigenvalue weighted by Gasteiger charge is 2.71. The van der Waals surface area contributed by atoms with Gasteiger partial charge in [0.05, 0.1) is 36.6 Å². The summed E-state index contributed by atoms with van der Waals surface area (Å²) in [5.41, 5.74) is -2.49. The highest BCUT2D eigenvalue weighted by atomic mass is 32.3. The second kappa shape index (κ2) is 12.6. The quantitative estimate of drug-likeness (QED) is 0.146. The third-order valence-electron chi connectivity index (χ3n) is 12.6. The van der Waals surface area contributed by atoms with Crippen molar-refractivity contribution in [1.29, 1.82) is 0 Å². The van der Waals surface area contributed by atoms with E-state index in [1.165, 1.54) is 0 Å². The molecule has 4 saturated carbocycles. The molecule has 0 bridgehead atoms. The summed E-state index contributed by atoms with van der Waals surface area (Å²) in [6, 6.07) is 0. The van der Waals surface area contributed by atoms with Gasteiger partial charge in [-0.1, -0.05) is 46.8 Å². The van der Waals surface area contributed by atoms with E-state index in [1.807, 2.05) is 32.9 Å². The molecule has 0 aromatic carbocycles. The molecule has 1 aliphatic heterocycles. The minimum atomic E-state index is -4.85. The maximum atomic E-state index is 12.7. The molecule has 12 nitrogen and oxygen atoms in total. The number of fused-ring (bicyclic) bond motifs is 5. The average molecular weight is 663 g/mol. The van der Waals surface area contributed by atoms with Crippen molar-refractivity contribution in [1.82, 2.24) is 0 Å². The van der Waals surface area contributed by atoms with Gasteiger partial charge in [-0.2, -0.15) is 8.42 Å². The lowest BCUT2D eigenvalue weighted by atomic mass is 9.42. The first kappa shape index (κ1) is 35.6. The van der Waals surface area contributed by atoms with Crippen molar-refractivity contribution in [3.63, 3.8) is 0 Å². The fourth-order valence-electron chi connectivity index (χ4n) is 10.5. The highest BCUT2D eigenvalue weighted by Crippen LogP contribution is 2.70. The maximum absolute atomic E-state index is 12.7. The minimum absolute atomic E-state index is 0.0424. The number of hydrogen-bond acceptors (Lipinski definition) is 11. The normalized spacial score (nSPS) is 50.2. The molecule has 0 amide bonds. The van der Waals surface area contributed by atoms with Gasteiger partial charge in [0, 0.05) is 12.3 Å². The van der Waals surface area contributed by atoms with E-state index in [2.05, 4.69) is 13.8 Å². The Morgan fingerprint density at radius 2 is 1.58 bits per heavy atom. The molecule has 1 heterocycles. The zero-order valence-corrected chi connectivity index (χ0v) is 27.8. The van der Waals surface area contributed by atoms with Gasteiger partial charge < -0.3 is 40.1 Å². The number of aliphatic hydroxyl groups excluding tert-OH is 5. The molecule has 0 spiro atoms. The predicted molar refractivity (Wildman–Crippen MR) is 162 cm³/mol. The first-order valence-electron chi connectivity index (χ1n) is 16.6. The summed E-state index contributed by atoms with van der Waals surface area (Å²) in [6.45, 7) is 9.84. The van der Waals surface area contributed by atoms with Crippen LogP contribution in [-0.2, 0) is 24.1 Å². The summed E-state index contributed by atoms with van der Waals surface area (Å²) in [7, 11) is -4.85. The summed E-state index contributed by atoms with van der Waals surface area (Å²) in [5.74, 6) is -1.45. The van der Waals surface area contributed by atoms with Crippen molar-refractivity contribution in [3.05, 3.63) is 12.2 Å². The summed E-state index contributed by atoms with van der Waals surface area (Å²) in [5, 5.41) is 64.8. The second-order valence-electron chi connectivity index (χ2n) is 15.6. The van der Waals surface area contributed by atoms with Crippen molar-refractivity contribution in [3.8, 4) is 0 Å². The molecule has 0 aromatic heterocycles. The Hall–Kier alpha value is -0.710. The molecule has 260 valence electrons. The Balaban J connectivity index is 1.42. The van der Waals surface area contributed by atoms with Crippen LogP contribution in [0.1, 0.15) is 79.6 Å². The average Bonchev–Trinajstić information content (AvgIpc) is 3.23. The third-order valence-corrected chi connectivity index (χ3v) is 13.1. The van der Waals surface area contributed by atoms with Crippen molar-refractivity contribution in [2.24, 2.45) is 46.3 Å². The molecule has 5 rings (SSSR count). The van der Waals surface area contributed by atoms with Crippen LogP contribution in [0.3, 0.4) is 0 Å². The number of allylic oxidation sites excluding steroid dienone is 1. The van der Waals surface area contributed by atoms with Crippen molar-refractivity contribution in [2.45, 2.75) is 134 Å². The molecule has 4 aliphatic carbocycles. The van der Waals surface area contributed by atoms with Crippen LogP contribution < -0.4 is 0 Å². The fraction of sp³-hybridized carbons (Fsp3) is 0.938. The van der Waals surface area contributed by atoms with Crippen LogP contribution in [0.2, 0.25) is 0 Å². The zero-order chi connectivity index (χ0) is 33.3. The number of rotatable bonds is 8. The van der Waals surface area contributed by atoms with Gasteiger partial charge in [0.25, 0.3) is 0 Å². The van der Waals surface area contributed by atoms with Gasteiger partial charge in [-0.3, -0.25) is 4.55 Å². The first-order chi connectivity index (χ1) is 20.8. The molecule has 5 aliphatic rings. The molecule has 13 heteroatoms. The van der Waals surface area contributed by atoms with Gasteiger partial charge in [0.2, 0.25) is 0 Å². The van der Waals surface area contributed by atoms with Crippen molar-refractivity contribution < 1.29 is 57.3 Å². The summed E-state index contributed by atoms with van der Waals surface area (Å²) >= 11 is 0. The minimum Gasteiger partial charge on any atom is -0.393 e. The molecule has 16 atom stereocenters. The number of ether oxygens (including phenoxy) is 2. The maximum Gasteiger partial charge on any atom is 0.397 e. The largest absolute Gasteiger partial charge is 0.397 e. The molecule has 0 aromatic rings. The van der Waals surface area contributed by atoms with Gasteiger partial charge in [-0.25, -0.2) is 4.18 Å². The molecule has 5 fully saturated rings. The standard InChI is InChI=1S/C32H54O12S/c1-16(2)23(43-29-27(37)26(36)22(35)15-42-29)7-6-17(3)19-13-24(44-45(39,40)41)28-31(19,5)11-9-25-30(4)10-8-18(33)12-20(30)21(34)14-32(25,28)38/h6-7,16-29,33-38H,8-15H2,1-5H3,(H,39,40,41). The lowest BCUT2D eigenvalue weighted by molar-refractivity contribution is -0.280. The summed E-state index contributed by atoms with van der Waals surface area (Å²) in [4.78, 5) is 0. The molecule has 0 radical (unpaired) electrons. The third kappa shape index (κ3) is 6.41. The van der Waals surface area contributed by atoms with Crippen LogP contribution in [-0.4, -0.2) is 105 Å². The Morgan fingerprint density at radius 3 is 2.22 bits per heavy atom. The van der Waals surface area contributed by atoms with Gasteiger partial charge in [-0.05, 0) is 78.9 Å². The first-order valence-corrected chi connectivity index (χ1v) is 17.9. The van der Waals surface area contributed by atoms with Gasteiger partial charge in [-0.15, -0.1) is 0 Å². The van der Waals surface area contributed by atoms with Gasteiger partial charge in [0.15, 0.2) is 6.29 Å². The molecular formula is C32H54O12S. The lowest BCUT2D eigenvalue weighted by Crippen LogP contribution is -2.68. The van der Waals surface area contributed by atoms with Crippen LogP contribution in [0.25, 0.3) is 0 Å². The number of aliphatic hydroxyl groups is 6. The van der Waals surface area contributed by atoms with Gasteiger partial charge >= 0.3 is 10.4 Å². The van der Waals surface area contributed by atoms with Crippen LogP contribution >= 0.6 is 0 Å². The second-order valence-corrected chi connectivity index (χ2v) is 16.7. The van der Waals surface area contributed by atoms with Crippen LogP contribution in [0.4, 0.5) is 0 Å². The van der Waals surface area contributed by atoms with E-state index in [0.29, 0.717) is 32.1 Å². The predicted octanol–water partition coefficient (Wildman–Crippen LogP) is 1.56. The molecule has 1 saturated heterocycles. The van der Waals surface area contributed by atoms with E-state index in [4.69, 9.17) is 13.7 Å². The fourth-order valence-corrected chi connectivity index (χ4v) is 11.0. The number of hydrogen-bond donors (Lipinski definition) is 7. The van der Waals surface area contributed by atoms with Gasteiger partial charge in [0.1, 0.15) is 18.3 Å². The van der Waals surface area contributed by atoms with Crippen LogP contribution in [0.5, 0.6) is 0 Å². The van der Waals surface area contributed by atoms with E-state index >= 15 is 0 Å². The molecule has 45 heavy (non-hydrogen) atoms. The van der Waals surface area contributed by atoms with E-state index in [9.17, 15) is 43.6 Å². The zero-order valence-electron chi connectivity index (χ0n) is 27.0. The molecule has 7 N–H and O–H groups in total. The Morgan fingerprint density at radius 1 is 0.911 bits per heavy atom. The van der Waals surface area contributed by atoms with Crippen LogP contribution in [0.15, 0.2) is 12.2 Å². The Kier molecular flexibility index (Phi) is 9.99. The van der Waals surface area contributed by atoms with Crippen LogP contribution in [0, 0.1) is 46.3 Å². The van der Waals surface area contributed by atoms with E-state index in [0.717, 1.165) is 0 Å². The van der Waals surface area contributed by atoms with Crippen molar-refractivity contribution in [2.75, 3.05) is 6.61 Å². The topological polar surface area (TPSA) is 203 Å². The van der Waals surface area contributed by atoms with E-state index in [1.54, 1.807) is 0 Å². The summed E-state index contributed by atoms with van der Waals surface area (Å²) in [6.07, 6.45) is -0.890. The molecular weight excluding hydrogens is 608 g/mol. The van der Waals surface area contributed by atoms with E-state index in [-0.39, 0.29) is 49.0 Å². The van der Waals surface area contributed by atoms with E-state index < -0.39 is 81.8 Å². The summed E-state index contributed by atoms with van der Waals surface area (Å²) < 4.78 is 50.9. The van der Waals surface area contributed by atoms with Crippen molar-refractivity contribution >= 4 is 10.4 Å². The Bertz CT molecular complexity index is 1200. The Labute approximate surface area is 266 Å². The SMILES string of the molecule is CC(C)C(C=CC(C)C1CC(OS(=O)(=O)O)C2C1(C)CCC1C3(C)CCC(O)CC3C(O)CC12O)OC1OCC(O)C(O)C1O. The molecule has 16 unspecified atom stereocenters. The monoisotopic (exact) mass is 662 g/mol. The smallest absolute Gasteiger partial charge is 0.393 e. The lowest BCUT2D eigenvalue weighted by Gasteiger charge is -2.66.